The molecule has 1 atom stereocenters. The van der Waals surface area contributed by atoms with Gasteiger partial charge < -0.3 is 10.2 Å². The van der Waals surface area contributed by atoms with E-state index in [2.05, 4.69) is 36.5 Å². The first-order chi connectivity index (χ1) is 13.9. The molecule has 0 saturated heterocycles. The number of nitrogens with zero attached hydrogens (tertiary/aromatic N) is 1. The van der Waals surface area contributed by atoms with Crippen LogP contribution in [0.5, 0.6) is 0 Å². The summed E-state index contributed by atoms with van der Waals surface area (Å²) in [5, 5.41) is 2.91. The zero-order chi connectivity index (χ0) is 21.2. The van der Waals surface area contributed by atoms with Gasteiger partial charge in [-0.25, -0.2) is 0 Å². The molecule has 0 aliphatic heterocycles. The van der Waals surface area contributed by atoms with Crippen molar-refractivity contribution in [2.45, 2.75) is 58.0 Å². The normalized spacial score (nSPS) is 11.7. The van der Waals surface area contributed by atoms with Gasteiger partial charge >= 0.3 is 0 Å². The van der Waals surface area contributed by atoms with E-state index < -0.39 is 6.04 Å². The van der Waals surface area contributed by atoms with Gasteiger partial charge in [0.05, 0.1) is 0 Å². The highest BCUT2D eigenvalue weighted by atomic mass is 32.2. The van der Waals surface area contributed by atoms with E-state index in [1.807, 2.05) is 45.0 Å². The number of benzene rings is 2. The first kappa shape index (κ1) is 23.0. The van der Waals surface area contributed by atoms with Crippen LogP contribution in [0.2, 0.25) is 0 Å². The van der Waals surface area contributed by atoms with E-state index in [4.69, 9.17) is 0 Å². The van der Waals surface area contributed by atoms with E-state index in [9.17, 15) is 9.59 Å². The van der Waals surface area contributed by atoms with Gasteiger partial charge in [0.2, 0.25) is 11.8 Å². The van der Waals surface area contributed by atoms with Crippen LogP contribution in [0.1, 0.15) is 43.4 Å². The summed E-state index contributed by atoms with van der Waals surface area (Å²) in [5.41, 5.74) is 3.43. The van der Waals surface area contributed by atoms with Gasteiger partial charge in [0.1, 0.15) is 6.04 Å². The van der Waals surface area contributed by atoms with Crippen LogP contribution in [0.15, 0.2) is 53.4 Å². The fraction of sp³-hybridized carbons (Fsp3) is 0.417. The second-order valence-corrected chi connectivity index (χ2v) is 8.55. The van der Waals surface area contributed by atoms with Crippen LogP contribution >= 0.6 is 11.8 Å². The Labute approximate surface area is 179 Å². The molecule has 0 aliphatic carbocycles. The summed E-state index contributed by atoms with van der Waals surface area (Å²) >= 11 is 1.67. The standard InChI is InChI=1S/C24H32N2O2S/c1-5-15-25-24(28)20(4)26(17-21-10-6-18(2)7-11-21)23(27)14-16-29-22-12-8-19(3)9-13-22/h6-13,20H,5,14-17H2,1-4H3,(H,25,28)/t20-/m1/s1. The first-order valence-electron chi connectivity index (χ1n) is 10.2. The SMILES string of the molecule is CCCNC(=O)[C@@H](C)N(Cc1ccc(C)cc1)C(=O)CCSc1ccc(C)cc1. The quantitative estimate of drug-likeness (QED) is 0.574. The predicted octanol–water partition coefficient (Wildman–Crippen LogP) is 4.73. The minimum absolute atomic E-state index is 0.00401. The Morgan fingerprint density at radius 1 is 1.00 bits per heavy atom. The first-order valence-corrected chi connectivity index (χ1v) is 11.2. The van der Waals surface area contributed by atoms with Crippen molar-refractivity contribution in [3.63, 3.8) is 0 Å². The van der Waals surface area contributed by atoms with E-state index in [0.29, 0.717) is 25.3 Å². The number of thioether (sulfide) groups is 1. The molecule has 2 aromatic rings. The van der Waals surface area contributed by atoms with Crippen LogP contribution in [0, 0.1) is 13.8 Å². The van der Waals surface area contributed by atoms with Crippen LogP contribution in [0.25, 0.3) is 0 Å². The van der Waals surface area contributed by atoms with Gasteiger partial charge in [0.25, 0.3) is 0 Å². The number of hydrogen-bond acceptors (Lipinski definition) is 3. The second kappa shape index (κ2) is 11.7. The van der Waals surface area contributed by atoms with E-state index in [-0.39, 0.29) is 11.8 Å². The van der Waals surface area contributed by atoms with Crippen molar-refractivity contribution >= 4 is 23.6 Å². The summed E-state index contributed by atoms with van der Waals surface area (Å²) in [7, 11) is 0. The molecule has 0 aliphatic rings. The molecule has 0 bridgehead atoms. The van der Waals surface area contributed by atoms with E-state index in [1.165, 1.54) is 11.1 Å². The highest BCUT2D eigenvalue weighted by Gasteiger charge is 2.25. The van der Waals surface area contributed by atoms with Crippen molar-refractivity contribution in [1.29, 1.82) is 0 Å². The molecule has 1 N–H and O–H groups in total. The maximum Gasteiger partial charge on any atom is 0.242 e. The lowest BCUT2D eigenvalue weighted by Crippen LogP contribution is -2.47. The molecule has 5 heteroatoms. The van der Waals surface area contributed by atoms with Crippen LogP contribution in [-0.4, -0.2) is 35.1 Å². The molecule has 4 nitrogen and oxygen atoms in total. The molecule has 29 heavy (non-hydrogen) atoms. The summed E-state index contributed by atoms with van der Waals surface area (Å²) in [6.45, 7) is 8.99. The molecule has 0 aromatic heterocycles. The average Bonchev–Trinajstić information content (AvgIpc) is 2.72. The summed E-state index contributed by atoms with van der Waals surface area (Å²) < 4.78 is 0. The maximum atomic E-state index is 13.0. The topological polar surface area (TPSA) is 49.4 Å². The van der Waals surface area contributed by atoms with Gasteiger partial charge in [0, 0.05) is 30.2 Å². The molecule has 0 unspecified atom stereocenters. The van der Waals surface area contributed by atoms with Gasteiger partial charge in [0.15, 0.2) is 0 Å². The molecule has 156 valence electrons. The highest BCUT2D eigenvalue weighted by molar-refractivity contribution is 7.99. The number of hydrogen-bond donors (Lipinski definition) is 1. The fourth-order valence-corrected chi connectivity index (χ4v) is 3.74. The zero-order valence-electron chi connectivity index (χ0n) is 17.9. The van der Waals surface area contributed by atoms with Crippen molar-refractivity contribution in [1.82, 2.24) is 10.2 Å². The minimum atomic E-state index is -0.500. The minimum Gasteiger partial charge on any atom is -0.354 e. The van der Waals surface area contributed by atoms with Crippen LogP contribution < -0.4 is 5.32 Å². The summed E-state index contributed by atoms with van der Waals surface area (Å²) in [6, 6.07) is 15.9. The molecule has 0 radical (unpaired) electrons. The molecular weight excluding hydrogens is 380 g/mol. The molecule has 2 aromatic carbocycles. The Kier molecular flexibility index (Phi) is 9.26. The van der Waals surface area contributed by atoms with Crippen molar-refractivity contribution in [2.24, 2.45) is 0 Å². The lowest BCUT2D eigenvalue weighted by molar-refractivity contribution is -0.140. The Balaban J connectivity index is 2.03. The number of rotatable bonds is 10. The van der Waals surface area contributed by atoms with Gasteiger partial charge in [-0.1, -0.05) is 54.4 Å². The largest absolute Gasteiger partial charge is 0.354 e. The molecule has 2 amide bonds. The van der Waals surface area contributed by atoms with Crippen molar-refractivity contribution in [3.05, 3.63) is 65.2 Å². The molecular formula is C24H32N2O2S. The number of amides is 2. The zero-order valence-corrected chi connectivity index (χ0v) is 18.7. The van der Waals surface area contributed by atoms with Gasteiger partial charge in [-0.3, -0.25) is 9.59 Å². The van der Waals surface area contributed by atoms with E-state index >= 15 is 0 Å². The Morgan fingerprint density at radius 3 is 2.17 bits per heavy atom. The summed E-state index contributed by atoms with van der Waals surface area (Å²) in [5.74, 6) is 0.595. The monoisotopic (exact) mass is 412 g/mol. The van der Waals surface area contributed by atoms with Crippen LogP contribution in [-0.2, 0) is 16.1 Å². The molecule has 0 saturated carbocycles. The third-order valence-electron chi connectivity index (χ3n) is 4.80. The van der Waals surface area contributed by atoms with Gasteiger partial charge in [-0.05, 0) is 44.9 Å². The van der Waals surface area contributed by atoms with Gasteiger partial charge in [-0.2, -0.15) is 0 Å². The van der Waals surface area contributed by atoms with E-state index in [0.717, 1.165) is 16.9 Å². The third kappa shape index (κ3) is 7.58. The number of nitrogens with one attached hydrogen (secondary N) is 1. The number of aryl methyl sites for hydroxylation is 2. The van der Waals surface area contributed by atoms with Crippen molar-refractivity contribution < 1.29 is 9.59 Å². The molecule has 0 spiro atoms. The lowest BCUT2D eigenvalue weighted by Gasteiger charge is -2.29. The molecule has 2 rings (SSSR count). The van der Waals surface area contributed by atoms with E-state index in [1.54, 1.807) is 16.7 Å². The number of carbonyl (C=O) groups is 2. The molecule has 0 heterocycles. The van der Waals surface area contributed by atoms with Crippen molar-refractivity contribution in [3.8, 4) is 0 Å². The fourth-order valence-electron chi connectivity index (χ4n) is 2.90. The van der Waals surface area contributed by atoms with Crippen LogP contribution in [0.4, 0.5) is 0 Å². The van der Waals surface area contributed by atoms with Crippen molar-refractivity contribution in [2.75, 3.05) is 12.3 Å². The smallest absolute Gasteiger partial charge is 0.242 e. The highest BCUT2D eigenvalue weighted by Crippen LogP contribution is 2.20. The predicted molar refractivity (Wildman–Crippen MR) is 121 cm³/mol. The lowest BCUT2D eigenvalue weighted by atomic mass is 10.1. The van der Waals surface area contributed by atoms with Gasteiger partial charge in [-0.15, -0.1) is 11.8 Å². The van der Waals surface area contributed by atoms with Crippen LogP contribution in [0.3, 0.4) is 0 Å². The number of carbonyl (C=O) groups excluding carboxylic acids is 2. The maximum absolute atomic E-state index is 13.0. The summed E-state index contributed by atoms with van der Waals surface area (Å²) in [6.07, 6.45) is 1.27. The Bertz CT molecular complexity index is 788. The average molecular weight is 413 g/mol. The Hall–Kier alpha value is -2.27. The third-order valence-corrected chi connectivity index (χ3v) is 5.81. The Morgan fingerprint density at radius 2 is 1.59 bits per heavy atom. The molecule has 0 fully saturated rings. The second-order valence-electron chi connectivity index (χ2n) is 7.39. The summed E-state index contributed by atoms with van der Waals surface area (Å²) in [4.78, 5) is 28.4.